The number of amides is 1. The Bertz CT molecular complexity index is 658. The van der Waals surface area contributed by atoms with E-state index >= 15 is 0 Å². The standard InChI is InChI=1S/C19H21NO3/c1-14(16-7-5-4-6-8-16)20-19(21)10-9-15-11-17(22-2)13-18(12-15)23-3/h4-14H,1-3H3,(H,20,21)/b10-9+/t14-/m0/s1. The van der Waals surface area contributed by atoms with Crippen molar-refractivity contribution < 1.29 is 14.3 Å². The van der Waals surface area contributed by atoms with Gasteiger partial charge in [-0.1, -0.05) is 30.3 Å². The normalized spacial score (nSPS) is 12.0. The van der Waals surface area contributed by atoms with Crippen molar-refractivity contribution in [2.45, 2.75) is 13.0 Å². The number of hydrogen-bond acceptors (Lipinski definition) is 3. The summed E-state index contributed by atoms with van der Waals surface area (Å²) in [5, 5.41) is 2.94. The number of benzene rings is 2. The average molecular weight is 311 g/mol. The van der Waals surface area contributed by atoms with Crippen molar-refractivity contribution in [3.63, 3.8) is 0 Å². The first-order valence-corrected chi connectivity index (χ1v) is 7.39. The number of ether oxygens (including phenoxy) is 2. The van der Waals surface area contributed by atoms with Crippen LogP contribution in [-0.4, -0.2) is 20.1 Å². The Kier molecular flexibility index (Phi) is 5.80. The van der Waals surface area contributed by atoms with Gasteiger partial charge in [-0.05, 0) is 36.3 Å². The molecule has 2 aromatic carbocycles. The summed E-state index contributed by atoms with van der Waals surface area (Å²) >= 11 is 0. The van der Waals surface area contributed by atoms with Crippen LogP contribution >= 0.6 is 0 Å². The molecule has 1 N–H and O–H groups in total. The van der Waals surface area contributed by atoms with Gasteiger partial charge in [0.25, 0.3) is 0 Å². The van der Waals surface area contributed by atoms with Gasteiger partial charge in [0, 0.05) is 12.1 Å². The molecule has 1 atom stereocenters. The highest BCUT2D eigenvalue weighted by molar-refractivity contribution is 5.92. The van der Waals surface area contributed by atoms with Crippen molar-refractivity contribution in [2.24, 2.45) is 0 Å². The van der Waals surface area contributed by atoms with Crippen molar-refractivity contribution >= 4 is 12.0 Å². The third kappa shape index (κ3) is 4.88. The third-order valence-corrected chi connectivity index (χ3v) is 3.46. The number of rotatable bonds is 6. The smallest absolute Gasteiger partial charge is 0.244 e. The zero-order chi connectivity index (χ0) is 16.7. The van der Waals surface area contributed by atoms with Crippen LogP contribution in [0.4, 0.5) is 0 Å². The molecule has 0 spiro atoms. The summed E-state index contributed by atoms with van der Waals surface area (Å²) in [7, 11) is 3.19. The molecule has 0 aliphatic carbocycles. The van der Waals surface area contributed by atoms with Crippen LogP contribution in [0.15, 0.2) is 54.6 Å². The maximum absolute atomic E-state index is 12.0. The molecule has 0 aliphatic heterocycles. The highest BCUT2D eigenvalue weighted by Gasteiger charge is 2.06. The van der Waals surface area contributed by atoms with Crippen molar-refractivity contribution in [1.29, 1.82) is 0 Å². The number of methoxy groups -OCH3 is 2. The Morgan fingerprint density at radius 1 is 1.04 bits per heavy atom. The minimum absolute atomic E-state index is 0.0480. The van der Waals surface area contributed by atoms with Crippen molar-refractivity contribution in [3.05, 3.63) is 65.7 Å². The van der Waals surface area contributed by atoms with Gasteiger partial charge in [-0.15, -0.1) is 0 Å². The summed E-state index contributed by atoms with van der Waals surface area (Å²) in [6.45, 7) is 1.95. The molecule has 2 rings (SSSR count). The van der Waals surface area contributed by atoms with E-state index in [2.05, 4.69) is 5.32 Å². The largest absolute Gasteiger partial charge is 0.497 e. The second kappa shape index (κ2) is 8.03. The van der Waals surface area contributed by atoms with Crippen LogP contribution in [0.1, 0.15) is 24.1 Å². The summed E-state index contributed by atoms with van der Waals surface area (Å²) in [5.74, 6) is 1.22. The third-order valence-electron chi connectivity index (χ3n) is 3.46. The lowest BCUT2D eigenvalue weighted by Crippen LogP contribution is -2.24. The van der Waals surface area contributed by atoms with E-state index in [0.717, 1.165) is 11.1 Å². The van der Waals surface area contributed by atoms with E-state index in [1.54, 1.807) is 26.4 Å². The van der Waals surface area contributed by atoms with Gasteiger partial charge < -0.3 is 14.8 Å². The van der Waals surface area contributed by atoms with E-state index in [1.807, 2.05) is 49.4 Å². The predicted molar refractivity (Wildman–Crippen MR) is 91.6 cm³/mol. The van der Waals surface area contributed by atoms with Crippen LogP contribution in [0.25, 0.3) is 6.08 Å². The maximum Gasteiger partial charge on any atom is 0.244 e. The van der Waals surface area contributed by atoms with E-state index < -0.39 is 0 Å². The van der Waals surface area contributed by atoms with Crippen LogP contribution in [0.5, 0.6) is 11.5 Å². The van der Waals surface area contributed by atoms with Gasteiger partial charge in [-0.2, -0.15) is 0 Å². The lowest BCUT2D eigenvalue weighted by Gasteiger charge is -2.12. The monoisotopic (exact) mass is 311 g/mol. The Hall–Kier alpha value is -2.75. The summed E-state index contributed by atoms with van der Waals surface area (Å²) in [6, 6.07) is 15.3. The van der Waals surface area contributed by atoms with Gasteiger partial charge in [0.15, 0.2) is 0 Å². The second-order valence-electron chi connectivity index (χ2n) is 5.12. The molecule has 0 saturated carbocycles. The van der Waals surface area contributed by atoms with Crippen molar-refractivity contribution in [2.75, 3.05) is 14.2 Å². The van der Waals surface area contributed by atoms with Gasteiger partial charge in [0.05, 0.1) is 20.3 Å². The summed E-state index contributed by atoms with van der Waals surface area (Å²) in [4.78, 5) is 12.0. The van der Waals surface area contributed by atoms with E-state index in [4.69, 9.17) is 9.47 Å². The number of nitrogens with one attached hydrogen (secondary N) is 1. The SMILES string of the molecule is COc1cc(/C=C/C(=O)N[C@@H](C)c2ccccc2)cc(OC)c1. The summed E-state index contributed by atoms with van der Waals surface area (Å²) in [6.07, 6.45) is 3.24. The molecular formula is C19H21NO3. The Balaban J connectivity index is 2.03. The van der Waals surface area contributed by atoms with Crippen LogP contribution in [0.3, 0.4) is 0 Å². The van der Waals surface area contributed by atoms with Crippen molar-refractivity contribution in [1.82, 2.24) is 5.32 Å². The molecule has 0 saturated heterocycles. The van der Waals surface area contributed by atoms with Gasteiger partial charge in [0.2, 0.25) is 5.91 Å². The average Bonchev–Trinajstić information content (AvgIpc) is 2.60. The molecule has 0 fully saturated rings. The zero-order valence-electron chi connectivity index (χ0n) is 13.6. The van der Waals surface area contributed by atoms with E-state index in [1.165, 1.54) is 6.08 Å². The quantitative estimate of drug-likeness (QED) is 0.829. The Morgan fingerprint density at radius 3 is 2.22 bits per heavy atom. The van der Waals surface area contributed by atoms with Crippen LogP contribution in [-0.2, 0) is 4.79 Å². The number of hydrogen-bond donors (Lipinski definition) is 1. The molecular weight excluding hydrogens is 290 g/mol. The lowest BCUT2D eigenvalue weighted by atomic mass is 10.1. The fourth-order valence-corrected chi connectivity index (χ4v) is 2.18. The molecule has 0 aliphatic rings. The fraction of sp³-hybridized carbons (Fsp3) is 0.211. The first-order valence-electron chi connectivity index (χ1n) is 7.39. The minimum atomic E-state index is -0.150. The highest BCUT2D eigenvalue weighted by Crippen LogP contribution is 2.23. The molecule has 4 nitrogen and oxygen atoms in total. The van der Waals surface area contributed by atoms with E-state index in [9.17, 15) is 4.79 Å². The minimum Gasteiger partial charge on any atom is -0.497 e. The predicted octanol–water partition coefficient (Wildman–Crippen LogP) is 3.59. The molecule has 0 heterocycles. The Labute approximate surface area is 136 Å². The molecule has 23 heavy (non-hydrogen) atoms. The first kappa shape index (κ1) is 16.6. The summed E-state index contributed by atoms with van der Waals surface area (Å²) < 4.78 is 10.4. The van der Waals surface area contributed by atoms with Gasteiger partial charge in [-0.25, -0.2) is 0 Å². The molecule has 0 radical (unpaired) electrons. The second-order valence-corrected chi connectivity index (χ2v) is 5.12. The van der Waals surface area contributed by atoms with Crippen LogP contribution in [0.2, 0.25) is 0 Å². The lowest BCUT2D eigenvalue weighted by molar-refractivity contribution is -0.117. The van der Waals surface area contributed by atoms with Gasteiger partial charge in [0.1, 0.15) is 11.5 Å². The summed E-state index contributed by atoms with van der Waals surface area (Å²) in [5.41, 5.74) is 1.90. The molecule has 4 heteroatoms. The number of carbonyl (C=O) groups is 1. The molecule has 0 bridgehead atoms. The van der Waals surface area contributed by atoms with E-state index in [-0.39, 0.29) is 11.9 Å². The fourth-order valence-electron chi connectivity index (χ4n) is 2.18. The van der Waals surface area contributed by atoms with Gasteiger partial charge in [-0.3, -0.25) is 4.79 Å². The Morgan fingerprint density at radius 2 is 1.65 bits per heavy atom. The maximum atomic E-state index is 12.0. The van der Waals surface area contributed by atoms with Crippen molar-refractivity contribution in [3.8, 4) is 11.5 Å². The highest BCUT2D eigenvalue weighted by atomic mass is 16.5. The van der Waals surface area contributed by atoms with Gasteiger partial charge >= 0.3 is 0 Å². The molecule has 120 valence electrons. The zero-order valence-corrected chi connectivity index (χ0v) is 13.6. The topological polar surface area (TPSA) is 47.6 Å². The molecule has 0 aromatic heterocycles. The van der Waals surface area contributed by atoms with Crippen LogP contribution in [0, 0.1) is 0 Å². The first-order chi connectivity index (χ1) is 11.1. The molecule has 0 unspecified atom stereocenters. The van der Waals surface area contributed by atoms with Crippen LogP contribution < -0.4 is 14.8 Å². The molecule has 2 aromatic rings. The number of carbonyl (C=O) groups excluding carboxylic acids is 1. The molecule has 1 amide bonds. The van der Waals surface area contributed by atoms with E-state index in [0.29, 0.717) is 11.5 Å².